The van der Waals surface area contributed by atoms with E-state index in [1.165, 1.54) is 24.5 Å². The van der Waals surface area contributed by atoms with Gasteiger partial charge in [0.2, 0.25) is 0 Å². The highest BCUT2D eigenvalue weighted by molar-refractivity contribution is 5.95. The van der Waals surface area contributed by atoms with E-state index in [-0.39, 0.29) is 11.3 Å². The van der Waals surface area contributed by atoms with Crippen molar-refractivity contribution in [3.05, 3.63) is 77.9 Å². The van der Waals surface area contributed by atoms with Crippen LogP contribution in [0, 0.1) is 5.82 Å². The maximum Gasteiger partial charge on any atom is 0.416 e. The SMILES string of the molecule is OC[C@H](O)c1cnc(-c2ccc3c(Nc4ccc(C(F)(F)F)cc4)nncc3c2)c(F)c1. The van der Waals surface area contributed by atoms with E-state index in [0.717, 1.165) is 18.2 Å². The molecular weight excluding hydrogens is 428 g/mol. The second kappa shape index (κ2) is 8.48. The number of rotatable bonds is 5. The zero-order chi connectivity index (χ0) is 22.9. The molecule has 0 aliphatic carbocycles. The molecule has 0 saturated carbocycles. The average molecular weight is 444 g/mol. The molecule has 10 heteroatoms. The van der Waals surface area contributed by atoms with E-state index in [0.29, 0.717) is 27.8 Å². The van der Waals surface area contributed by atoms with Gasteiger partial charge in [-0.15, -0.1) is 5.10 Å². The Kier molecular flexibility index (Phi) is 5.72. The number of nitrogens with one attached hydrogen (secondary N) is 1. The van der Waals surface area contributed by atoms with Gasteiger partial charge in [-0.25, -0.2) is 4.39 Å². The minimum Gasteiger partial charge on any atom is -0.393 e. The predicted octanol–water partition coefficient (Wildman–Crippen LogP) is 4.62. The zero-order valence-corrected chi connectivity index (χ0v) is 16.3. The molecule has 6 nitrogen and oxygen atoms in total. The summed E-state index contributed by atoms with van der Waals surface area (Å²) in [4.78, 5) is 4.05. The fraction of sp³-hybridized carbons (Fsp3) is 0.136. The van der Waals surface area contributed by atoms with Gasteiger partial charge in [-0.1, -0.05) is 6.07 Å². The second-order valence-corrected chi connectivity index (χ2v) is 6.99. The first kappa shape index (κ1) is 21.6. The van der Waals surface area contributed by atoms with Gasteiger partial charge in [0.1, 0.15) is 17.6 Å². The maximum atomic E-state index is 14.5. The highest BCUT2D eigenvalue weighted by atomic mass is 19.4. The van der Waals surface area contributed by atoms with Crippen LogP contribution in [-0.2, 0) is 6.18 Å². The van der Waals surface area contributed by atoms with Crippen LogP contribution in [0.15, 0.2) is 60.9 Å². The molecule has 4 rings (SSSR count). The third-order valence-corrected chi connectivity index (χ3v) is 4.83. The first-order valence-electron chi connectivity index (χ1n) is 9.40. The monoisotopic (exact) mass is 444 g/mol. The molecule has 0 aliphatic rings. The number of benzene rings is 2. The van der Waals surface area contributed by atoms with Crippen LogP contribution in [0.3, 0.4) is 0 Å². The van der Waals surface area contributed by atoms with E-state index < -0.39 is 30.3 Å². The first-order chi connectivity index (χ1) is 15.3. The molecule has 0 bridgehead atoms. The molecule has 0 fully saturated rings. The Morgan fingerprint density at radius 2 is 1.75 bits per heavy atom. The van der Waals surface area contributed by atoms with Crippen LogP contribution in [-0.4, -0.2) is 32.0 Å². The standard InChI is InChI=1S/C22H16F4N4O2/c23-18-8-14(19(32)11-31)9-27-20(18)12-1-6-17-13(7-12)10-28-30-21(17)29-16-4-2-15(3-5-16)22(24,25)26/h1-10,19,31-32H,11H2,(H,29,30)/t19-/m0/s1. The first-order valence-corrected chi connectivity index (χ1v) is 9.40. The van der Waals surface area contributed by atoms with Crippen molar-refractivity contribution >= 4 is 22.3 Å². The molecule has 0 aliphatic heterocycles. The number of fused-ring (bicyclic) bond motifs is 1. The largest absolute Gasteiger partial charge is 0.416 e. The lowest BCUT2D eigenvalue weighted by Gasteiger charge is -2.12. The van der Waals surface area contributed by atoms with Gasteiger partial charge in [-0.05, 0) is 42.5 Å². The topological polar surface area (TPSA) is 91.2 Å². The molecule has 2 aromatic carbocycles. The van der Waals surface area contributed by atoms with Crippen molar-refractivity contribution in [1.82, 2.24) is 15.2 Å². The minimum atomic E-state index is -4.42. The molecule has 2 heterocycles. The van der Waals surface area contributed by atoms with Gasteiger partial charge >= 0.3 is 6.18 Å². The number of aromatic nitrogens is 3. The fourth-order valence-electron chi connectivity index (χ4n) is 3.16. The van der Waals surface area contributed by atoms with Crippen LogP contribution in [0.5, 0.6) is 0 Å². The smallest absolute Gasteiger partial charge is 0.393 e. The number of anilines is 2. The van der Waals surface area contributed by atoms with Crippen LogP contribution < -0.4 is 5.32 Å². The van der Waals surface area contributed by atoms with Crippen LogP contribution in [0.25, 0.3) is 22.0 Å². The van der Waals surface area contributed by atoms with Crippen molar-refractivity contribution < 1.29 is 27.8 Å². The molecule has 0 saturated heterocycles. The number of hydrogen-bond donors (Lipinski definition) is 3. The number of pyridine rings is 1. The number of alkyl halides is 3. The fourth-order valence-corrected chi connectivity index (χ4v) is 3.16. The number of aliphatic hydroxyl groups excluding tert-OH is 2. The molecule has 164 valence electrons. The number of nitrogens with zero attached hydrogens (tertiary/aromatic N) is 3. The van der Waals surface area contributed by atoms with Crippen molar-refractivity contribution in [3.63, 3.8) is 0 Å². The van der Waals surface area contributed by atoms with Gasteiger partial charge < -0.3 is 15.5 Å². The Bertz CT molecular complexity index is 1260. The van der Waals surface area contributed by atoms with E-state index in [4.69, 9.17) is 5.11 Å². The van der Waals surface area contributed by atoms with Gasteiger partial charge in [-0.2, -0.15) is 18.3 Å². The molecule has 32 heavy (non-hydrogen) atoms. The van der Waals surface area contributed by atoms with Gasteiger partial charge in [0.15, 0.2) is 5.82 Å². The third kappa shape index (κ3) is 4.36. The number of aliphatic hydroxyl groups is 2. The zero-order valence-electron chi connectivity index (χ0n) is 16.3. The Morgan fingerprint density at radius 1 is 1.00 bits per heavy atom. The van der Waals surface area contributed by atoms with E-state index in [1.807, 2.05) is 0 Å². The number of hydrogen-bond acceptors (Lipinski definition) is 6. The summed E-state index contributed by atoms with van der Waals surface area (Å²) in [5.41, 5.74) is 0.296. The molecular formula is C22H16F4N4O2. The van der Waals surface area contributed by atoms with Crippen LogP contribution in [0.2, 0.25) is 0 Å². The van der Waals surface area contributed by atoms with Crippen molar-refractivity contribution in [2.24, 2.45) is 0 Å². The van der Waals surface area contributed by atoms with Gasteiger partial charge in [0.25, 0.3) is 0 Å². The van der Waals surface area contributed by atoms with Gasteiger partial charge in [0, 0.05) is 33.8 Å². The highest BCUT2D eigenvalue weighted by Gasteiger charge is 2.30. The Labute approximate surface area is 179 Å². The molecule has 3 N–H and O–H groups in total. The molecule has 1 atom stereocenters. The number of halogens is 4. The van der Waals surface area contributed by atoms with Crippen molar-refractivity contribution in [1.29, 1.82) is 0 Å². The van der Waals surface area contributed by atoms with Gasteiger partial charge in [-0.3, -0.25) is 4.98 Å². The summed E-state index contributed by atoms with van der Waals surface area (Å²) >= 11 is 0. The summed E-state index contributed by atoms with van der Waals surface area (Å²) in [6.45, 7) is -0.552. The van der Waals surface area contributed by atoms with Crippen LogP contribution >= 0.6 is 0 Å². The Morgan fingerprint density at radius 3 is 2.41 bits per heavy atom. The van der Waals surface area contributed by atoms with E-state index in [2.05, 4.69) is 20.5 Å². The lowest BCUT2D eigenvalue weighted by atomic mass is 10.0. The highest BCUT2D eigenvalue weighted by Crippen LogP contribution is 2.32. The summed E-state index contributed by atoms with van der Waals surface area (Å²) in [7, 11) is 0. The summed E-state index contributed by atoms with van der Waals surface area (Å²) < 4.78 is 52.8. The molecule has 0 spiro atoms. The second-order valence-electron chi connectivity index (χ2n) is 6.99. The summed E-state index contributed by atoms with van der Waals surface area (Å²) in [5.74, 6) is -0.344. The van der Waals surface area contributed by atoms with Crippen LogP contribution in [0.1, 0.15) is 17.2 Å². The van der Waals surface area contributed by atoms with Gasteiger partial charge in [0.05, 0.1) is 18.4 Å². The summed E-state index contributed by atoms with van der Waals surface area (Å²) in [5, 5.41) is 30.7. The van der Waals surface area contributed by atoms with E-state index in [9.17, 15) is 22.7 Å². The predicted molar refractivity (Wildman–Crippen MR) is 109 cm³/mol. The summed E-state index contributed by atoms with van der Waals surface area (Å²) in [6.07, 6.45) is -2.90. The summed E-state index contributed by atoms with van der Waals surface area (Å²) in [6, 6.07) is 10.6. The normalized spacial score (nSPS) is 12.7. The lowest BCUT2D eigenvalue weighted by molar-refractivity contribution is -0.137. The minimum absolute atomic E-state index is 0.0508. The molecule has 4 aromatic rings. The maximum absolute atomic E-state index is 14.5. The van der Waals surface area contributed by atoms with E-state index in [1.54, 1.807) is 18.2 Å². The lowest BCUT2D eigenvalue weighted by Crippen LogP contribution is -2.05. The van der Waals surface area contributed by atoms with Crippen LogP contribution in [0.4, 0.5) is 29.1 Å². The quantitative estimate of drug-likeness (QED) is 0.389. The van der Waals surface area contributed by atoms with E-state index >= 15 is 0 Å². The Hall–Kier alpha value is -3.63. The molecule has 0 radical (unpaired) electrons. The molecule has 0 amide bonds. The molecule has 0 unspecified atom stereocenters. The molecule has 2 aromatic heterocycles. The van der Waals surface area contributed by atoms with Crippen molar-refractivity contribution in [2.45, 2.75) is 12.3 Å². The Balaban J connectivity index is 1.64. The third-order valence-electron chi connectivity index (χ3n) is 4.83. The average Bonchev–Trinajstić information content (AvgIpc) is 2.78. The van der Waals surface area contributed by atoms with Crippen molar-refractivity contribution in [3.8, 4) is 11.3 Å². The van der Waals surface area contributed by atoms with Crippen molar-refractivity contribution in [2.75, 3.05) is 11.9 Å².